The van der Waals surface area contributed by atoms with Crippen LogP contribution in [-0.2, 0) is 10.0 Å². The maximum absolute atomic E-state index is 11.2. The molecule has 88 valence electrons. The first-order valence-corrected chi connectivity index (χ1v) is 8.03. The van der Waals surface area contributed by atoms with E-state index in [0.29, 0.717) is 10.1 Å². The first-order valence-electron chi connectivity index (χ1n) is 5.66. The number of rotatable bonds is 2. The van der Waals surface area contributed by atoms with Crippen LogP contribution in [0, 0.1) is 11.8 Å². The van der Waals surface area contributed by atoms with Gasteiger partial charge in [-0.25, -0.2) is 13.6 Å². The van der Waals surface area contributed by atoms with Crippen LogP contribution in [0.1, 0.15) is 36.5 Å². The van der Waals surface area contributed by atoms with E-state index in [1.165, 1.54) is 41.9 Å². The van der Waals surface area contributed by atoms with Gasteiger partial charge in [-0.2, -0.15) is 0 Å². The number of fused-ring (bicyclic) bond motifs is 2. The van der Waals surface area contributed by atoms with Gasteiger partial charge in [-0.1, -0.05) is 6.42 Å². The Morgan fingerprint density at radius 1 is 1.25 bits per heavy atom. The van der Waals surface area contributed by atoms with Gasteiger partial charge in [-0.05, 0) is 49.1 Å². The molecule has 2 saturated carbocycles. The summed E-state index contributed by atoms with van der Waals surface area (Å²) < 4.78 is 22.7. The second-order valence-corrected chi connectivity index (χ2v) is 7.89. The highest BCUT2D eigenvalue weighted by Gasteiger charge is 2.40. The predicted octanol–water partition coefficient (Wildman–Crippen LogP) is 2.30. The number of thiophene rings is 1. The van der Waals surface area contributed by atoms with Crippen molar-refractivity contribution in [2.24, 2.45) is 17.0 Å². The second kappa shape index (κ2) is 3.55. The molecule has 2 aliphatic rings. The minimum Gasteiger partial charge on any atom is -0.224 e. The molecule has 1 heterocycles. The molecule has 3 rings (SSSR count). The summed E-state index contributed by atoms with van der Waals surface area (Å²) in [5.74, 6) is 2.27. The highest BCUT2D eigenvalue weighted by Crippen LogP contribution is 2.54. The molecule has 2 bridgehead atoms. The molecule has 2 N–H and O–H groups in total. The number of hydrogen-bond donors (Lipinski definition) is 1. The first-order chi connectivity index (χ1) is 7.54. The lowest BCUT2D eigenvalue weighted by Gasteiger charge is -2.19. The van der Waals surface area contributed by atoms with Gasteiger partial charge in [0.15, 0.2) is 0 Å². The maximum atomic E-state index is 11.2. The third kappa shape index (κ3) is 1.71. The Kier molecular flexibility index (Phi) is 2.38. The van der Waals surface area contributed by atoms with Crippen molar-refractivity contribution in [1.29, 1.82) is 0 Å². The molecule has 3 nitrogen and oxygen atoms in total. The highest BCUT2D eigenvalue weighted by molar-refractivity contribution is 7.91. The van der Waals surface area contributed by atoms with Gasteiger partial charge in [0.05, 0.1) is 0 Å². The third-order valence-corrected chi connectivity index (χ3v) is 6.64. The molecule has 5 heteroatoms. The SMILES string of the molecule is NS(=O)(=O)c1ccc([C@@H]2C[C@@H]3CC[C@H]2C3)s1. The monoisotopic (exact) mass is 257 g/mol. The van der Waals surface area contributed by atoms with Crippen LogP contribution < -0.4 is 5.14 Å². The van der Waals surface area contributed by atoms with Gasteiger partial charge in [-0.15, -0.1) is 11.3 Å². The summed E-state index contributed by atoms with van der Waals surface area (Å²) in [5, 5.41) is 5.13. The lowest BCUT2D eigenvalue weighted by molar-refractivity contribution is 0.424. The van der Waals surface area contributed by atoms with E-state index in [1.54, 1.807) is 6.07 Å². The predicted molar refractivity (Wildman–Crippen MR) is 63.9 cm³/mol. The molecule has 0 aliphatic heterocycles. The fraction of sp³-hybridized carbons (Fsp3) is 0.636. The van der Waals surface area contributed by atoms with E-state index >= 15 is 0 Å². The smallest absolute Gasteiger partial charge is 0.224 e. The van der Waals surface area contributed by atoms with Gasteiger partial charge in [0, 0.05) is 4.88 Å². The first kappa shape index (κ1) is 10.7. The van der Waals surface area contributed by atoms with Crippen LogP contribution >= 0.6 is 11.3 Å². The van der Waals surface area contributed by atoms with Gasteiger partial charge in [0.2, 0.25) is 10.0 Å². The van der Waals surface area contributed by atoms with E-state index in [0.717, 1.165) is 11.8 Å². The van der Waals surface area contributed by atoms with Gasteiger partial charge in [0.1, 0.15) is 4.21 Å². The number of sulfonamides is 1. The lowest BCUT2D eigenvalue weighted by Crippen LogP contribution is -2.10. The largest absolute Gasteiger partial charge is 0.247 e. The molecule has 2 fully saturated rings. The summed E-state index contributed by atoms with van der Waals surface area (Å²) in [5.41, 5.74) is 0. The Morgan fingerprint density at radius 2 is 2.06 bits per heavy atom. The molecular weight excluding hydrogens is 242 g/mol. The second-order valence-electron chi connectivity index (χ2n) is 4.98. The van der Waals surface area contributed by atoms with Crippen LogP contribution in [0.4, 0.5) is 0 Å². The van der Waals surface area contributed by atoms with Crippen molar-refractivity contribution >= 4 is 21.4 Å². The zero-order chi connectivity index (χ0) is 11.3. The third-order valence-electron chi connectivity index (χ3n) is 3.99. The molecule has 0 aromatic carbocycles. The molecular formula is C11H15NO2S2. The van der Waals surface area contributed by atoms with Gasteiger partial charge < -0.3 is 0 Å². The summed E-state index contributed by atoms with van der Waals surface area (Å²) in [6.45, 7) is 0. The molecule has 0 amide bonds. The Morgan fingerprint density at radius 3 is 2.56 bits per heavy atom. The van der Waals surface area contributed by atoms with Gasteiger partial charge >= 0.3 is 0 Å². The fourth-order valence-electron chi connectivity index (χ4n) is 3.28. The molecule has 16 heavy (non-hydrogen) atoms. The zero-order valence-corrected chi connectivity index (χ0v) is 10.6. The summed E-state index contributed by atoms with van der Waals surface area (Å²) in [4.78, 5) is 1.22. The minimum atomic E-state index is -3.51. The van der Waals surface area contributed by atoms with E-state index in [1.807, 2.05) is 6.07 Å². The van der Waals surface area contributed by atoms with Crippen LogP contribution in [0.2, 0.25) is 0 Å². The summed E-state index contributed by atoms with van der Waals surface area (Å²) in [7, 11) is -3.51. The Hall–Kier alpha value is -0.390. The number of primary sulfonamides is 1. The molecule has 1 aromatic rings. The van der Waals surface area contributed by atoms with Crippen LogP contribution in [0.3, 0.4) is 0 Å². The molecule has 0 spiro atoms. The van der Waals surface area contributed by atoms with E-state index in [4.69, 9.17) is 5.14 Å². The van der Waals surface area contributed by atoms with Crippen molar-refractivity contribution in [3.05, 3.63) is 17.0 Å². The van der Waals surface area contributed by atoms with Crippen molar-refractivity contribution in [3.8, 4) is 0 Å². The van der Waals surface area contributed by atoms with Crippen LogP contribution in [0.15, 0.2) is 16.3 Å². The Balaban J connectivity index is 1.88. The highest BCUT2D eigenvalue weighted by atomic mass is 32.2. The topological polar surface area (TPSA) is 60.2 Å². The molecule has 0 radical (unpaired) electrons. The van der Waals surface area contributed by atoms with Crippen molar-refractivity contribution < 1.29 is 8.42 Å². The molecule has 0 unspecified atom stereocenters. The Labute approximate surface area is 99.7 Å². The fourth-order valence-corrected chi connectivity index (χ4v) is 5.24. The van der Waals surface area contributed by atoms with Crippen LogP contribution in [0.5, 0.6) is 0 Å². The van der Waals surface area contributed by atoms with Crippen LogP contribution in [0.25, 0.3) is 0 Å². The van der Waals surface area contributed by atoms with Crippen molar-refractivity contribution in [3.63, 3.8) is 0 Å². The summed E-state index contributed by atoms with van der Waals surface area (Å²) >= 11 is 1.36. The quantitative estimate of drug-likeness (QED) is 0.883. The van der Waals surface area contributed by atoms with E-state index < -0.39 is 10.0 Å². The maximum Gasteiger partial charge on any atom is 0.247 e. The standard InChI is InChI=1S/C11H15NO2S2/c12-16(13,14)11-4-3-10(15-11)9-6-7-1-2-8(9)5-7/h3-4,7-9H,1-2,5-6H2,(H2,12,13,14)/t7-,8+,9-/m1/s1. The van der Waals surface area contributed by atoms with Crippen molar-refractivity contribution in [2.45, 2.75) is 35.8 Å². The molecule has 2 aliphatic carbocycles. The average Bonchev–Trinajstić information content (AvgIpc) is 2.92. The lowest BCUT2D eigenvalue weighted by atomic mass is 9.88. The average molecular weight is 257 g/mol. The normalized spacial score (nSPS) is 33.4. The summed E-state index contributed by atoms with van der Waals surface area (Å²) in [6.07, 6.45) is 5.27. The van der Waals surface area contributed by atoms with E-state index in [-0.39, 0.29) is 0 Å². The van der Waals surface area contributed by atoms with Crippen molar-refractivity contribution in [2.75, 3.05) is 0 Å². The van der Waals surface area contributed by atoms with Gasteiger partial charge in [-0.3, -0.25) is 0 Å². The van der Waals surface area contributed by atoms with Crippen LogP contribution in [-0.4, -0.2) is 8.42 Å². The minimum absolute atomic E-state index is 0.310. The Bertz CT molecular complexity index is 506. The number of nitrogens with two attached hydrogens (primary N) is 1. The molecule has 3 atom stereocenters. The van der Waals surface area contributed by atoms with E-state index in [9.17, 15) is 8.42 Å². The molecule has 0 saturated heterocycles. The number of hydrogen-bond acceptors (Lipinski definition) is 3. The van der Waals surface area contributed by atoms with E-state index in [2.05, 4.69) is 0 Å². The van der Waals surface area contributed by atoms with Gasteiger partial charge in [0.25, 0.3) is 0 Å². The molecule has 1 aromatic heterocycles. The zero-order valence-electron chi connectivity index (χ0n) is 8.93. The van der Waals surface area contributed by atoms with Crippen molar-refractivity contribution in [1.82, 2.24) is 0 Å². The summed E-state index contributed by atoms with van der Waals surface area (Å²) in [6, 6.07) is 3.61.